The van der Waals surface area contributed by atoms with Gasteiger partial charge in [0, 0.05) is 0 Å². The lowest BCUT2D eigenvalue weighted by atomic mass is 10.1. The van der Waals surface area contributed by atoms with Crippen LogP contribution in [0.3, 0.4) is 0 Å². The Kier molecular flexibility index (Phi) is 12.1. The molecule has 29 heavy (non-hydrogen) atoms. The average Bonchev–Trinajstić information content (AvgIpc) is 2.63. The quantitative estimate of drug-likeness (QED) is 0.129. The van der Waals surface area contributed by atoms with Gasteiger partial charge in [-0.25, -0.2) is 4.79 Å². The van der Waals surface area contributed by atoms with Gasteiger partial charge in [-0.3, -0.25) is 19.2 Å². The lowest BCUT2D eigenvalue weighted by Gasteiger charge is -2.25. The highest BCUT2D eigenvalue weighted by molar-refractivity contribution is 5.95. The third kappa shape index (κ3) is 10.4. The van der Waals surface area contributed by atoms with Crippen molar-refractivity contribution < 1.29 is 39.3 Å². The zero-order chi connectivity index (χ0) is 22.6. The van der Waals surface area contributed by atoms with Crippen molar-refractivity contribution in [1.29, 1.82) is 0 Å². The summed E-state index contributed by atoms with van der Waals surface area (Å²) >= 11 is 0. The van der Waals surface area contributed by atoms with Crippen molar-refractivity contribution in [3.8, 4) is 0 Å². The van der Waals surface area contributed by atoms with Gasteiger partial charge in [0.1, 0.15) is 18.1 Å². The van der Waals surface area contributed by atoms with Gasteiger partial charge in [0.2, 0.25) is 17.7 Å². The SMILES string of the molecule is CC(O)C(NC(=O)C(CC(=O)O)NC(=O)CN)C(=O)NC(CCCCN)C(=O)O. The number of nitrogens with one attached hydrogen (secondary N) is 3. The Morgan fingerprint density at radius 1 is 0.897 bits per heavy atom. The summed E-state index contributed by atoms with van der Waals surface area (Å²) < 4.78 is 0. The van der Waals surface area contributed by atoms with Gasteiger partial charge in [0.15, 0.2) is 0 Å². The van der Waals surface area contributed by atoms with Crippen LogP contribution in [0.25, 0.3) is 0 Å². The fraction of sp³-hybridized carbons (Fsp3) is 0.688. The molecule has 0 saturated heterocycles. The van der Waals surface area contributed by atoms with Crippen LogP contribution in [0.4, 0.5) is 0 Å². The zero-order valence-electron chi connectivity index (χ0n) is 16.1. The largest absolute Gasteiger partial charge is 0.481 e. The fourth-order valence-corrected chi connectivity index (χ4v) is 2.31. The van der Waals surface area contributed by atoms with E-state index in [-0.39, 0.29) is 6.42 Å². The molecule has 0 aromatic rings. The molecular formula is C16H29N5O8. The Labute approximate surface area is 167 Å². The van der Waals surface area contributed by atoms with E-state index >= 15 is 0 Å². The van der Waals surface area contributed by atoms with Crippen molar-refractivity contribution in [2.75, 3.05) is 13.1 Å². The Balaban J connectivity index is 5.22. The van der Waals surface area contributed by atoms with Crippen molar-refractivity contribution in [3.05, 3.63) is 0 Å². The summed E-state index contributed by atoms with van der Waals surface area (Å²) in [6.07, 6.45) is -1.15. The number of carbonyl (C=O) groups excluding carboxylic acids is 3. The molecule has 4 unspecified atom stereocenters. The number of carboxylic acid groups (broad SMARTS) is 2. The molecule has 0 rings (SSSR count). The van der Waals surface area contributed by atoms with Crippen molar-refractivity contribution >= 4 is 29.7 Å². The molecule has 0 aliphatic carbocycles. The van der Waals surface area contributed by atoms with Crippen molar-refractivity contribution in [1.82, 2.24) is 16.0 Å². The average molecular weight is 419 g/mol. The molecule has 13 nitrogen and oxygen atoms in total. The normalized spacial score (nSPS) is 14.8. The van der Waals surface area contributed by atoms with E-state index in [1.54, 1.807) is 0 Å². The molecule has 3 amide bonds. The Morgan fingerprint density at radius 3 is 1.97 bits per heavy atom. The van der Waals surface area contributed by atoms with Gasteiger partial charge in [0.05, 0.1) is 19.1 Å². The van der Waals surface area contributed by atoms with Gasteiger partial charge in [-0.2, -0.15) is 0 Å². The van der Waals surface area contributed by atoms with Gasteiger partial charge in [-0.15, -0.1) is 0 Å². The van der Waals surface area contributed by atoms with Crippen LogP contribution in [0.1, 0.15) is 32.6 Å². The molecule has 0 aliphatic heterocycles. The van der Waals surface area contributed by atoms with Gasteiger partial charge in [0.25, 0.3) is 0 Å². The molecular weight excluding hydrogens is 390 g/mol. The summed E-state index contributed by atoms with van der Waals surface area (Å²) in [5, 5.41) is 34.4. The Hall–Kier alpha value is -2.77. The van der Waals surface area contributed by atoms with Crippen LogP contribution in [-0.2, 0) is 24.0 Å². The Bertz CT molecular complexity index is 598. The molecule has 0 radical (unpaired) electrons. The van der Waals surface area contributed by atoms with Crippen LogP contribution in [-0.4, -0.2) is 82.3 Å². The highest BCUT2D eigenvalue weighted by Crippen LogP contribution is 2.04. The summed E-state index contributed by atoms with van der Waals surface area (Å²) in [5.41, 5.74) is 10.5. The molecule has 0 spiro atoms. The fourth-order valence-electron chi connectivity index (χ4n) is 2.31. The third-order valence-corrected chi connectivity index (χ3v) is 3.84. The second kappa shape index (κ2) is 13.4. The van der Waals surface area contributed by atoms with Crippen molar-refractivity contribution in [2.24, 2.45) is 11.5 Å². The first-order valence-corrected chi connectivity index (χ1v) is 8.96. The molecule has 13 heteroatoms. The summed E-state index contributed by atoms with van der Waals surface area (Å²) in [6.45, 7) is 1.04. The van der Waals surface area contributed by atoms with E-state index in [4.69, 9.17) is 16.6 Å². The van der Waals surface area contributed by atoms with Crippen LogP contribution in [0.5, 0.6) is 0 Å². The number of nitrogens with two attached hydrogens (primary N) is 2. The van der Waals surface area contributed by atoms with Gasteiger partial charge in [-0.05, 0) is 32.7 Å². The maximum atomic E-state index is 12.4. The summed E-state index contributed by atoms with van der Waals surface area (Å²) in [7, 11) is 0. The van der Waals surface area contributed by atoms with Crippen molar-refractivity contribution in [3.63, 3.8) is 0 Å². The third-order valence-electron chi connectivity index (χ3n) is 3.84. The summed E-state index contributed by atoms with van der Waals surface area (Å²) in [5.74, 6) is -5.52. The molecule has 0 fully saturated rings. The molecule has 10 N–H and O–H groups in total. The molecule has 0 bridgehead atoms. The van der Waals surface area contributed by atoms with Crippen LogP contribution in [0.2, 0.25) is 0 Å². The van der Waals surface area contributed by atoms with E-state index in [0.29, 0.717) is 19.4 Å². The minimum atomic E-state index is -1.58. The molecule has 4 atom stereocenters. The molecule has 0 saturated carbocycles. The number of carbonyl (C=O) groups is 5. The standard InChI is InChI=1S/C16H29N5O8/c1-8(22)13(15(27)20-9(16(28)29)4-2-3-5-17)21-14(26)10(6-12(24)25)19-11(23)7-18/h8-10,13,22H,2-7,17-18H2,1H3,(H,19,23)(H,20,27)(H,21,26)(H,24,25)(H,28,29). The van der Waals surface area contributed by atoms with Crippen LogP contribution in [0, 0.1) is 0 Å². The van der Waals surface area contributed by atoms with Crippen LogP contribution < -0.4 is 27.4 Å². The van der Waals surface area contributed by atoms with E-state index in [9.17, 15) is 34.2 Å². The Morgan fingerprint density at radius 2 is 1.52 bits per heavy atom. The monoisotopic (exact) mass is 419 g/mol. The first-order chi connectivity index (χ1) is 13.5. The highest BCUT2D eigenvalue weighted by Gasteiger charge is 2.32. The zero-order valence-corrected chi connectivity index (χ0v) is 16.1. The van der Waals surface area contributed by atoms with E-state index in [1.165, 1.54) is 6.92 Å². The number of hydrogen-bond acceptors (Lipinski definition) is 8. The van der Waals surface area contributed by atoms with Gasteiger partial charge >= 0.3 is 11.9 Å². The molecule has 0 aromatic carbocycles. The van der Waals surface area contributed by atoms with Crippen LogP contribution >= 0.6 is 0 Å². The van der Waals surface area contributed by atoms with Gasteiger partial charge < -0.3 is 42.7 Å². The maximum Gasteiger partial charge on any atom is 0.326 e. The molecule has 166 valence electrons. The molecule has 0 aromatic heterocycles. The minimum absolute atomic E-state index is 0.0902. The first-order valence-electron chi connectivity index (χ1n) is 8.96. The maximum absolute atomic E-state index is 12.4. The van der Waals surface area contributed by atoms with E-state index in [0.717, 1.165) is 0 Å². The van der Waals surface area contributed by atoms with Crippen LogP contribution in [0.15, 0.2) is 0 Å². The number of aliphatic hydroxyl groups excluding tert-OH is 1. The highest BCUT2D eigenvalue weighted by atomic mass is 16.4. The summed E-state index contributed by atoms with van der Waals surface area (Å²) in [4.78, 5) is 58.3. The van der Waals surface area contributed by atoms with Gasteiger partial charge in [-0.1, -0.05) is 0 Å². The molecule has 0 aliphatic rings. The number of rotatable bonds is 14. The number of aliphatic carboxylic acids is 2. The van der Waals surface area contributed by atoms with E-state index in [2.05, 4.69) is 16.0 Å². The second-order valence-corrected chi connectivity index (χ2v) is 6.33. The van der Waals surface area contributed by atoms with E-state index < -0.39 is 66.9 Å². The van der Waals surface area contributed by atoms with Crippen molar-refractivity contribution in [2.45, 2.75) is 56.8 Å². The second-order valence-electron chi connectivity index (χ2n) is 6.33. The number of carboxylic acids is 2. The number of aliphatic hydroxyl groups is 1. The number of hydrogen-bond donors (Lipinski definition) is 8. The number of unbranched alkanes of at least 4 members (excludes halogenated alkanes) is 1. The predicted octanol–water partition coefficient (Wildman–Crippen LogP) is -3.53. The smallest absolute Gasteiger partial charge is 0.326 e. The summed E-state index contributed by atoms with van der Waals surface area (Å²) in [6, 6.07) is -4.39. The van der Waals surface area contributed by atoms with E-state index in [1.807, 2.05) is 0 Å². The lowest BCUT2D eigenvalue weighted by molar-refractivity contribution is -0.144. The molecule has 0 heterocycles. The lowest BCUT2D eigenvalue weighted by Crippen LogP contribution is -2.59. The first kappa shape index (κ1) is 26.2. The topological polar surface area (TPSA) is 234 Å². The number of amides is 3. The predicted molar refractivity (Wildman–Crippen MR) is 99.3 cm³/mol. The minimum Gasteiger partial charge on any atom is -0.481 e.